The van der Waals surface area contributed by atoms with Gasteiger partial charge in [0, 0.05) is 17.4 Å². The molecule has 0 radical (unpaired) electrons. The van der Waals surface area contributed by atoms with Crippen molar-refractivity contribution < 1.29 is 14.7 Å². The molecule has 3 atom stereocenters. The summed E-state index contributed by atoms with van der Waals surface area (Å²) in [5.41, 5.74) is 0. The van der Waals surface area contributed by atoms with Gasteiger partial charge in [0.1, 0.15) is 0 Å². The zero-order valence-corrected chi connectivity index (χ0v) is 9.05. The summed E-state index contributed by atoms with van der Waals surface area (Å²) in [6.45, 7) is 0. The van der Waals surface area contributed by atoms with Crippen LogP contribution in [0.2, 0.25) is 0 Å². The molecular formula is C9H14N2O3S. The molecule has 2 heterocycles. The van der Waals surface area contributed by atoms with Crippen LogP contribution >= 0.6 is 11.8 Å². The Kier molecular flexibility index (Phi) is 3.04. The van der Waals surface area contributed by atoms with Crippen molar-refractivity contribution in [1.29, 1.82) is 0 Å². The van der Waals surface area contributed by atoms with Crippen molar-refractivity contribution >= 4 is 23.8 Å². The Labute approximate surface area is 92.0 Å². The van der Waals surface area contributed by atoms with Gasteiger partial charge in [-0.3, -0.25) is 4.79 Å². The average molecular weight is 230 g/mol. The normalized spacial score (nSPS) is 33.3. The van der Waals surface area contributed by atoms with Crippen LogP contribution < -0.4 is 10.6 Å². The number of aliphatic carboxylic acids is 1. The summed E-state index contributed by atoms with van der Waals surface area (Å²) in [7, 11) is 0. The van der Waals surface area contributed by atoms with E-state index >= 15 is 0 Å². The van der Waals surface area contributed by atoms with Crippen LogP contribution in [0.5, 0.6) is 0 Å². The Bertz CT molecular complexity index is 285. The minimum absolute atomic E-state index is 0.0893. The van der Waals surface area contributed by atoms with E-state index in [9.17, 15) is 9.59 Å². The van der Waals surface area contributed by atoms with Crippen molar-refractivity contribution in [2.75, 3.05) is 5.75 Å². The molecule has 0 aromatic heterocycles. The highest BCUT2D eigenvalue weighted by Crippen LogP contribution is 2.32. The molecule has 2 fully saturated rings. The first-order valence-electron chi connectivity index (χ1n) is 5.07. The molecule has 0 aromatic carbocycles. The van der Waals surface area contributed by atoms with E-state index in [0.29, 0.717) is 11.7 Å². The third-order valence-electron chi connectivity index (χ3n) is 2.82. The minimum Gasteiger partial charge on any atom is -0.481 e. The molecule has 2 aliphatic rings. The van der Waals surface area contributed by atoms with E-state index < -0.39 is 5.97 Å². The average Bonchev–Trinajstić information content (AvgIpc) is 2.65. The fourth-order valence-electron chi connectivity index (χ4n) is 2.10. The maximum Gasteiger partial charge on any atom is 0.315 e. The fraction of sp³-hybridized carbons (Fsp3) is 0.778. The van der Waals surface area contributed by atoms with Crippen molar-refractivity contribution in [3.63, 3.8) is 0 Å². The Hall–Kier alpha value is -0.910. The fourth-order valence-corrected chi connectivity index (χ4v) is 3.64. The van der Waals surface area contributed by atoms with Crippen LogP contribution in [0.15, 0.2) is 0 Å². The number of hydrogen-bond donors (Lipinski definition) is 3. The smallest absolute Gasteiger partial charge is 0.315 e. The molecule has 84 valence electrons. The van der Waals surface area contributed by atoms with Crippen molar-refractivity contribution in [1.82, 2.24) is 10.6 Å². The van der Waals surface area contributed by atoms with Crippen molar-refractivity contribution in [3.05, 3.63) is 0 Å². The molecule has 0 spiro atoms. The SMILES string of the molecule is O=C(O)CCC[C@@H]1SCC2NC(=O)NC21. The van der Waals surface area contributed by atoms with Gasteiger partial charge < -0.3 is 15.7 Å². The zero-order chi connectivity index (χ0) is 10.8. The van der Waals surface area contributed by atoms with E-state index in [1.54, 1.807) is 0 Å². The summed E-state index contributed by atoms with van der Waals surface area (Å²) < 4.78 is 0. The van der Waals surface area contributed by atoms with E-state index in [-0.39, 0.29) is 24.5 Å². The van der Waals surface area contributed by atoms with E-state index in [1.807, 2.05) is 11.8 Å². The van der Waals surface area contributed by atoms with Gasteiger partial charge >= 0.3 is 12.0 Å². The first-order chi connectivity index (χ1) is 7.16. The molecule has 2 unspecified atom stereocenters. The summed E-state index contributed by atoms with van der Waals surface area (Å²) >= 11 is 1.82. The van der Waals surface area contributed by atoms with E-state index in [2.05, 4.69) is 10.6 Å². The third kappa shape index (κ3) is 2.37. The van der Waals surface area contributed by atoms with Crippen molar-refractivity contribution in [3.8, 4) is 0 Å². The maximum absolute atomic E-state index is 11.1. The molecule has 0 bridgehead atoms. The van der Waals surface area contributed by atoms with Gasteiger partial charge in [-0.15, -0.1) is 0 Å². The molecule has 2 amide bonds. The molecule has 2 aliphatic heterocycles. The molecule has 15 heavy (non-hydrogen) atoms. The van der Waals surface area contributed by atoms with Gasteiger partial charge in [-0.25, -0.2) is 4.79 Å². The lowest BCUT2D eigenvalue weighted by molar-refractivity contribution is -0.137. The molecule has 2 saturated heterocycles. The predicted octanol–water partition coefficient (Wildman–Crippen LogP) is 0.407. The van der Waals surface area contributed by atoms with Crippen LogP contribution in [0, 0.1) is 0 Å². The van der Waals surface area contributed by atoms with Gasteiger partial charge in [0.15, 0.2) is 0 Å². The second kappa shape index (κ2) is 4.30. The Morgan fingerprint density at radius 1 is 1.53 bits per heavy atom. The number of fused-ring (bicyclic) bond motifs is 1. The molecule has 0 aromatic rings. The molecular weight excluding hydrogens is 216 g/mol. The molecule has 3 N–H and O–H groups in total. The van der Waals surface area contributed by atoms with Crippen LogP contribution in [0.25, 0.3) is 0 Å². The van der Waals surface area contributed by atoms with Gasteiger partial charge in [0.2, 0.25) is 0 Å². The van der Waals surface area contributed by atoms with E-state index in [0.717, 1.165) is 12.2 Å². The first-order valence-corrected chi connectivity index (χ1v) is 6.12. The third-order valence-corrected chi connectivity index (χ3v) is 4.33. The summed E-state index contributed by atoms with van der Waals surface area (Å²) in [5.74, 6) is 0.185. The highest BCUT2D eigenvalue weighted by molar-refractivity contribution is 8.00. The zero-order valence-electron chi connectivity index (χ0n) is 8.23. The second-order valence-electron chi connectivity index (χ2n) is 3.91. The standard InChI is InChI=1S/C9H14N2O3S/c12-7(13)3-1-2-6-8-5(4-15-6)10-9(14)11-8/h5-6,8H,1-4H2,(H,12,13)(H2,10,11,14)/t5?,6-,8?/m0/s1. The number of rotatable bonds is 4. The van der Waals surface area contributed by atoms with Crippen LogP contribution in [0.3, 0.4) is 0 Å². The lowest BCUT2D eigenvalue weighted by atomic mass is 10.0. The summed E-state index contributed by atoms with van der Waals surface area (Å²) in [6.07, 6.45) is 1.77. The predicted molar refractivity (Wildman–Crippen MR) is 57.0 cm³/mol. The molecule has 0 saturated carbocycles. The summed E-state index contributed by atoms with van der Waals surface area (Å²) in [6, 6.07) is 0.335. The Balaban J connectivity index is 1.79. The number of carbonyl (C=O) groups excluding carboxylic acids is 1. The highest BCUT2D eigenvalue weighted by atomic mass is 32.2. The van der Waals surface area contributed by atoms with Gasteiger partial charge in [-0.1, -0.05) is 0 Å². The number of carbonyl (C=O) groups is 2. The van der Waals surface area contributed by atoms with Crippen LogP contribution in [0.4, 0.5) is 4.79 Å². The van der Waals surface area contributed by atoms with Crippen LogP contribution in [-0.4, -0.2) is 40.2 Å². The largest absolute Gasteiger partial charge is 0.481 e. The Morgan fingerprint density at radius 2 is 2.33 bits per heavy atom. The summed E-state index contributed by atoms with van der Waals surface area (Å²) in [4.78, 5) is 21.4. The molecule has 2 rings (SSSR count). The quantitative estimate of drug-likeness (QED) is 0.611. The lowest BCUT2D eigenvalue weighted by Gasteiger charge is -2.15. The maximum atomic E-state index is 11.1. The van der Waals surface area contributed by atoms with Crippen LogP contribution in [-0.2, 0) is 4.79 Å². The Morgan fingerprint density at radius 3 is 3.07 bits per heavy atom. The van der Waals surface area contributed by atoms with Crippen molar-refractivity contribution in [2.45, 2.75) is 36.6 Å². The number of urea groups is 1. The second-order valence-corrected chi connectivity index (χ2v) is 5.18. The first kappa shape index (κ1) is 10.6. The topological polar surface area (TPSA) is 78.4 Å². The molecule has 6 heteroatoms. The van der Waals surface area contributed by atoms with Gasteiger partial charge in [-0.2, -0.15) is 11.8 Å². The monoisotopic (exact) mass is 230 g/mol. The number of nitrogens with one attached hydrogen (secondary N) is 2. The van der Waals surface area contributed by atoms with E-state index in [1.165, 1.54) is 0 Å². The minimum atomic E-state index is -0.747. The number of carboxylic acids is 1. The van der Waals surface area contributed by atoms with Gasteiger partial charge in [-0.05, 0) is 12.8 Å². The molecule has 0 aliphatic carbocycles. The van der Waals surface area contributed by atoms with Crippen LogP contribution in [0.1, 0.15) is 19.3 Å². The number of carboxylic acid groups (broad SMARTS) is 1. The number of amides is 2. The van der Waals surface area contributed by atoms with Crippen molar-refractivity contribution in [2.24, 2.45) is 0 Å². The van der Waals surface area contributed by atoms with Gasteiger partial charge in [0.05, 0.1) is 12.1 Å². The lowest BCUT2D eigenvalue weighted by Crippen LogP contribution is -2.36. The highest BCUT2D eigenvalue weighted by Gasteiger charge is 2.42. The summed E-state index contributed by atoms with van der Waals surface area (Å²) in [5, 5.41) is 14.6. The number of hydrogen-bond acceptors (Lipinski definition) is 3. The van der Waals surface area contributed by atoms with Gasteiger partial charge in [0.25, 0.3) is 0 Å². The number of thioether (sulfide) groups is 1. The molecule has 5 nitrogen and oxygen atoms in total. The van der Waals surface area contributed by atoms with E-state index in [4.69, 9.17) is 5.11 Å².